The second-order valence-corrected chi connectivity index (χ2v) is 9.81. The number of alkyl carbamates (subject to hydrolysis) is 1. The first-order valence-corrected chi connectivity index (χ1v) is 13.0. The molecular formula is C30H34FN3O6. The van der Waals surface area contributed by atoms with E-state index in [1.165, 1.54) is 30.5 Å². The summed E-state index contributed by atoms with van der Waals surface area (Å²) < 4.78 is 24.0. The van der Waals surface area contributed by atoms with Crippen LogP contribution in [0.2, 0.25) is 0 Å². The van der Waals surface area contributed by atoms with Gasteiger partial charge in [-0.3, -0.25) is 9.59 Å². The van der Waals surface area contributed by atoms with Crippen LogP contribution in [0.3, 0.4) is 0 Å². The van der Waals surface area contributed by atoms with Gasteiger partial charge in [-0.15, -0.1) is 0 Å². The maximum absolute atomic E-state index is 13.4. The highest BCUT2D eigenvalue weighted by Gasteiger charge is 2.29. The summed E-state index contributed by atoms with van der Waals surface area (Å²) in [6.45, 7) is 3.78. The van der Waals surface area contributed by atoms with Gasteiger partial charge in [-0.2, -0.15) is 0 Å². The average molecular weight is 552 g/mol. The molecule has 10 heteroatoms. The molecule has 0 aliphatic carbocycles. The number of amides is 3. The molecule has 3 N–H and O–H groups in total. The summed E-state index contributed by atoms with van der Waals surface area (Å²) in [5, 5.41) is 7.93. The molecule has 0 aliphatic heterocycles. The lowest BCUT2D eigenvalue weighted by Gasteiger charge is -2.25. The Kier molecular flexibility index (Phi) is 11.4. The molecule has 0 saturated heterocycles. The number of furan rings is 1. The predicted octanol–water partition coefficient (Wildman–Crippen LogP) is 3.71. The monoisotopic (exact) mass is 551 g/mol. The minimum absolute atomic E-state index is 0.00130. The van der Waals surface area contributed by atoms with E-state index < -0.39 is 41.9 Å². The lowest BCUT2D eigenvalue weighted by molar-refractivity contribution is -0.131. The molecule has 3 amide bonds. The van der Waals surface area contributed by atoms with Crippen LogP contribution in [0.4, 0.5) is 9.18 Å². The Bertz CT molecular complexity index is 1230. The molecule has 2 aromatic carbocycles. The van der Waals surface area contributed by atoms with Crippen LogP contribution in [0.15, 0.2) is 77.4 Å². The van der Waals surface area contributed by atoms with E-state index in [0.29, 0.717) is 17.6 Å². The standard InChI is InChI=1S/C30H34FN3O6/c1-20(2)15-26(28(36)32-24(18-35)17-25-9-6-14-39-25)33-29(37)27(16-21-10-12-23(31)13-11-21)34-30(38)40-19-22-7-4-3-5-8-22/h3-14,18,20,24,26-27H,15-17,19H2,1-2H3,(H,32,36)(H,33,37)(H,34,38)/t24?,26-,27-/m0/s1. The Morgan fingerprint density at radius 1 is 0.850 bits per heavy atom. The van der Waals surface area contributed by atoms with Crippen molar-refractivity contribution in [3.05, 3.63) is 95.7 Å². The number of aldehydes is 1. The maximum Gasteiger partial charge on any atom is 0.408 e. The fraction of sp³-hybridized carbons (Fsp3) is 0.333. The number of halogens is 1. The summed E-state index contributed by atoms with van der Waals surface area (Å²) in [4.78, 5) is 50.8. The minimum atomic E-state index is -1.12. The SMILES string of the molecule is CC(C)C[C@H](NC(=O)[C@H](Cc1ccc(F)cc1)NC(=O)OCc1ccccc1)C(=O)NC(C=O)Cc1ccco1. The third kappa shape index (κ3) is 10.0. The van der Waals surface area contributed by atoms with Crippen molar-refractivity contribution >= 4 is 24.2 Å². The van der Waals surface area contributed by atoms with Gasteiger partial charge in [-0.05, 0) is 47.7 Å². The highest BCUT2D eigenvalue weighted by atomic mass is 19.1. The summed E-state index contributed by atoms with van der Waals surface area (Å²) in [7, 11) is 0. The number of carbonyl (C=O) groups is 4. The summed E-state index contributed by atoms with van der Waals surface area (Å²) >= 11 is 0. The summed E-state index contributed by atoms with van der Waals surface area (Å²) in [5.74, 6) is -1.06. The highest BCUT2D eigenvalue weighted by Crippen LogP contribution is 2.11. The molecule has 9 nitrogen and oxygen atoms in total. The van der Waals surface area contributed by atoms with Gasteiger partial charge in [0.05, 0.1) is 12.3 Å². The van der Waals surface area contributed by atoms with Crippen molar-refractivity contribution in [1.29, 1.82) is 0 Å². The zero-order valence-corrected chi connectivity index (χ0v) is 22.5. The first kappa shape index (κ1) is 30.1. The third-order valence-corrected chi connectivity index (χ3v) is 6.01. The van der Waals surface area contributed by atoms with Crippen molar-refractivity contribution in [1.82, 2.24) is 16.0 Å². The fourth-order valence-corrected chi connectivity index (χ4v) is 4.01. The van der Waals surface area contributed by atoms with Crippen molar-refractivity contribution < 1.29 is 32.7 Å². The van der Waals surface area contributed by atoms with Crippen LogP contribution in [0, 0.1) is 11.7 Å². The van der Waals surface area contributed by atoms with Crippen LogP contribution < -0.4 is 16.0 Å². The van der Waals surface area contributed by atoms with E-state index >= 15 is 0 Å². The van der Waals surface area contributed by atoms with Crippen molar-refractivity contribution in [2.75, 3.05) is 0 Å². The van der Waals surface area contributed by atoms with Gasteiger partial charge in [-0.1, -0.05) is 56.3 Å². The molecule has 0 bridgehead atoms. The number of nitrogens with one attached hydrogen (secondary N) is 3. The Labute approximate surface area is 232 Å². The second-order valence-electron chi connectivity index (χ2n) is 9.81. The molecule has 0 fully saturated rings. The van der Waals surface area contributed by atoms with Crippen LogP contribution in [0.25, 0.3) is 0 Å². The van der Waals surface area contributed by atoms with Crippen LogP contribution >= 0.6 is 0 Å². The molecule has 1 aromatic heterocycles. The van der Waals surface area contributed by atoms with Crippen molar-refractivity contribution in [3.8, 4) is 0 Å². The average Bonchev–Trinajstić information content (AvgIpc) is 3.45. The van der Waals surface area contributed by atoms with Gasteiger partial charge >= 0.3 is 6.09 Å². The van der Waals surface area contributed by atoms with Gasteiger partial charge in [0.2, 0.25) is 11.8 Å². The number of hydrogen-bond donors (Lipinski definition) is 3. The highest BCUT2D eigenvalue weighted by molar-refractivity contribution is 5.92. The molecule has 0 spiro atoms. The van der Waals surface area contributed by atoms with E-state index in [1.807, 2.05) is 32.0 Å². The van der Waals surface area contributed by atoms with Crippen molar-refractivity contribution in [2.24, 2.45) is 5.92 Å². The Morgan fingerprint density at radius 2 is 1.55 bits per heavy atom. The molecule has 0 saturated carbocycles. The molecular weight excluding hydrogens is 517 g/mol. The number of ether oxygens (including phenoxy) is 1. The molecule has 3 aromatic rings. The maximum atomic E-state index is 13.4. The molecule has 1 unspecified atom stereocenters. The number of rotatable bonds is 14. The fourth-order valence-electron chi connectivity index (χ4n) is 4.01. The molecule has 0 aliphatic rings. The molecule has 3 atom stereocenters. The van der Waals surface area contributed by atoms with E-state index in [4.69, 9.17) is 9.15 Å². The zero-order chi connectivity index (χ0) is 28.9. The van der Waals surface area contributed by atoms with Crippen molar-refractivity contribution in [2.45, 2.75) is 57.8 Å². The minimum Gasteiger partial charge on any atom is -0.469 e. The smallest absolute Gasteiger partial charge is 0.408 e. The molecule has 1 heterocycles. The van der Waals surface area contributed by atoms with E-state index in [0.717, 1.165) is 5.56 Å². The topological polar surface area (TPSA) is 127 Å². The van der Waals surface area contributed by atoms with Gasteiger partial charge in [0.1, 0.15) is 36.6 Å². The second kappa shape index (κ2) is 15.2. The normalized spacial score (nSPS) is 13.1. The summed E-state index contributed by atoms with van der Waals surface area (Å²) in [5.41, 5.74) is 1.36. The summed E-state index contributed by atoms with van der Waals surface area (Å²) in [6, 6.07) is 15.0. The number of hydrogen-bond acceptors (Lipinski definition) is 6. The molecule has 0 radical (unpaired) electrons. The lowest BCUT2D eigenvalue weighted by Crippen LogP contribution is -2.56. The quantitative estimate of drug-likeness (QED) is 0.262. The Morgan fingerprint density at radius 3 is 2.17 bits per heavy atom. The number of carbonyl (C=O) groups excluding carboxylic acids is 4. The van der Waals surface area contributed by atoms with Gasteiger partial charge in [0.25, 0.3) is 0 Å². The largest absolute Gasteiger partial charge is 0.469 e. The van der Waals surface area contributed by atoms with Gasteiger partial charge in [-0.25, -0.2) is 9.18 Å². The predicted molar refractivity (Wildman–Crippen MR) is 145 cm³/mol. The first-order chi connectivity index (χ1) is 19.2. The van der Waals surface area contributed by atoms with Gasteiger partial charge < -0.3 is 29.9 Å². The van der Waals surface area contributed by atoms with E-state index in [1.54, 1.807) is 24.3 Å². The molecule has 212 valence electrons. The van der Waals surface area contributed by atoms with Gasteiger partial charge in [0, 0.05) is 12.8 Å². The van der Waals surface area contributed by atoms with Gasteiger partial charge in [0.15, 0.2) is 0 Å². The Hall–Kier alpha value is -4.47. The first-order valence-electron chi connectivity index (χ1n) is 13.0. The van der Waals surface area contributed by atoms with Crippen molar-refractivity contribution in [3.63, 3.8) is 0 Å². The van der Waals surface area contributed by atoms with Crippen LogP contribution in [-0.4, -0.2) is 42.3 Å². The van der Waals surface area contributed by atoms with E-state index in [-0.39, 0.29) is 31.8 Å². The van der Waals surface area contributed by atoms with Crippen LogP contribution in [0.1, 0.15) is 37.2 Å². The molecule has 40 heavy (non-hydrogen) atoms. The lowest BCUT2D eigenvalue weighted by atomic mass is 10.0. The molecule has 3 rings (SSSR count). The van der Waals surface area contributed by atoms with E-state index in [9.17, 15) is 23.6 Å². The Balaban J connectivity index is 1.71. The number of benzene rings is 2. The zero-order valence-electron chi connectivity index (χ0n) is 22.5. The van der Waals surface area contributed by atoms with E-state index in [2.05, 4.69) is 16.0 Å². The van der Waals surface area contributed by atoms with Crippen LogP contribution in [-0.2, 0) is 38.6 Å². The van der Waals surface area contributed by atoms with Crippen LogP contribution in [0.5, 0.6) is 0 Å². The summed E-state index contributed by atoms with van der Waals surface area (Å²) in [6.07, 6.45) is 1.72. The third-order valence-electron chi connectivity index (χ3n) is 6.01.